The summed E-state index contributed by atoms with van der Waals surface area (Å²) >= 11 is 7.78. The van der Waals surface area contributed by atoms with E-state index in [1.165, 1.54) is 17.4 Å². The second-order valence-corrected chi connectivity index (χ2v) is 8.72. The van der Waals surface area contributed by atoms with Gasteiger partial charge in [0.1, 0.15) is 0 Å². The van der Waals surface area contributed by atoms with Crippen molar-refractivity contribution < 1.29 is 8.42 Å². The highest BCUT2D eigenvalue weighted by atomic mass is 35.5. The van der Waals surface area contributed by atoms with Gasteiger partial charge in [0, 0.05) is 11.6 Å². The maximum atomic E-state index is 11.1. The Balaban J connectivity index is 2.02. The maximum absolute atomic E-state index is 11.1. The van der Waals surface area contributed by atoms with Crippen LogP contribution in [0.3, 0.4) is 0 Å². The Labute approximate surface area is 147 Å². The molecule has 3 nitrogen and oxygen atoms in total. The Morgan fingerprint density at radius 3 is 2.26 bits per heavy atom. The molecule has 1 atom stereocenters. The van der Waals surface area contributed by atoms with Gasteiger partial charge < -0.3 is 0 Å². The highest BCUT2D eigenvalue weighted by molar-refractivity contribution is 7.99. The van der Waals surface area contributed by atoms with Crippen molar-refractivity contribution in [1.29, 1.82) is 0 Å². The quantitative estimate of drug-likeness (QED) is 0.712. The molecule has 0 aromatic heterocycles. The first-order valence-electron chi connectivity index (χ1n) is 7.32. The Bertz CT molecular complexity index is 703. The molecule has 124 valence electrons. The number of thioether (sulfide) groups is 1. The molecule has 1 N–H and O–H groups in total. The van der Waals surface area contributed by atoms with Gasteiger partial charge in [-0.15, -0.1) is 11.8 Å². The molecule has 2 aromatic rings. The maximum Gasteiger partial charge on any atom is 0.208 e. The zero-order valence-electron chi connectivity index (χ0n) is 12.9. The molecular formula is C17H20ClNO2S2. The Kier molecular flexibility index (Phi) is 6.96. The molecule has 2 aromatic carbocycles. The van der Waals surface area contributed by atoms with E-state index < -0.39 is 10.0 Å². The summed E-state index contributed by atoms with van der Waals surface area (Å²) in [6, 6.07) is 18.2. The van der Waals surface area contributed by atoms with E-state index in [0.717, 1.165) is 17.2 Å². The molecule has 0 aliphatic carbocycles. The van der Waals surface area contributed by atoms with Gasteiger partial charge in [-0.05, 0) is 35.4 Å². The third-order valence-corrected chi connectivity index (χ3v) is 5.63. The third kappa shape index (κ3) is 6.55. The normalized spacial score (nSPS) is 13.0. The van der Waals surface area contributed by atoms with Crippen LogP contribution in [0.15, 0.2) is 54.6 Å². The summed E-state index contributed by atoms with van der Waals surface area (Å²) in [7, 11) is -3.11. The van der Waals surface area contributed by atoms with E-state index in [1.54, 1.807) is 11.8 Å². The molecule has 0 amide bonds. The number of hydrogen-bond acceptors (Lipinski definition) is 3. The first kappa shape index (κ1) is 18.3. The largest absolute Gasteiger partial charge is 0.215 e. The zero-order valence-corrected chi connectivity index (χ0v) is 15.3. The summed E-state index contributed by atoms with van der Waals surface area (Å²) in [5.74, 6) is 0.866. The van der Waals surface area contributed by atoms with Crippen LogP contribution in [-0.4, -0.2) is 27.0 Å². The fraction of sp³-hybridized carbons (Fsp3) is 0.294. The molecule has 0 spiro atoms. The van der Waals surface area contributed by atoms with Gasteiger partial charge >= 0.3 is 0 Å². The van der Waals surface area contributed by atoms with Gasteiger partial charge in [0.05, 0.1) is 11.5 Å². The van der Waals surface area contributed by atoms with Crippen LogP contribution >= 0.6 is 23.4 Å². The molecule has 6 heteroatoms. The summed E-state index contributed by atoms with van der Waals surface area (Å²) < 4.78 is 24.7. The predicted octanol–water partition coefficient (Wildman–Crippen LogP) is 4.10. The van der Waals surface area contributed by atoms with Crippen molar-refractivity contribution in [2.45, 2.75) is 11.7 Å². The number of nitrogens with one attached hydrogen (secondary N) is 1. The number of sulfonamides is 1. The van der Waals surface area contributed by atoms with Crippen molar-refractivity contribution in [1.82, 2.24) is 4.72 Å². The van der Waals surface area contributed by atoms with Crippen LogP contribution in [0, 0.1) is 0 Å². The molecule has 0 bridgehead atoms. The minimum Gasteiger partial charge on any atom is -0.215 e. The average molecular weight is 370 g/mol. The number of rotatable bonds is 8. The van der Waals surface area contributed by atoms with Crippen molar-refractivity contribution in [3.05, 3.63) is 70.7 Å². The minimum atomic E-state index is -3.11. The molecule has 0 radical (unpaired) electrons. The topological polar surface area (TPSA) is 46.2 Å². The van der Waals surface area contributed by atoms with Crippen molar-refractivity contribution in [3.8, 4) is 0 Å². The van der Waals surface area contributed by atoms with E-state index in [1.807, 2.05) is 42.5 Å². The van der Waals surface area contributed by atoms with E-state index >= 15 is 0 Å². The Morgan fingerprint density at radius 2 is 1.65 bits per heavy atom. The lowest BCUT2D eigenvalue weighted by Gasteiger charge is -2.18. The van der Waals surface area contributed by atoms with E-state index in [9.17, 15) is 8.42 Å². The standard InChI is InChI=1S/C17H20ClNO2S2/c1-23(20,21)19-12-5-13-22-17(14-6-3-2-4-7-14)15-8-10-16(18)11-9-15/h2-4,6-11,17,19H,5,12-13H2,1H3. The smallest absolute Gasteiger partial charge is 0.208 e. The molecule has 0 fully saturated rings. The molecule has 0 aliphatic rings. The van der Waals surface area contributed by atoms with Gasteiger partial charge in [-0.2, -0.15) is 0 Å². The van der Waals surface area contributed by atoms with Crippen molar-refractivity contribution in [2.75, 3.05) is 18.6 Å². The lowest BCUT2D eigenvalue weighted by Crippen LogP contribution is -2.23. The second-order valence-electron chi connectivity index (χ2n) is 5.23. The first-order chi connectivity index (χ1) is 11.0. The molecule has 0 aliphatic heterocycles. The highest BCUT2D eigenvalue weighted by Gasteiger charge is 2.14. The van der Waals surface area contributed by atoms with Crippen LogP contribution in [0.5, 0.6) is 0 Å². The molecule has 1 unspecified atom stereocenters. The molecule has 2 rings (SSSR count). The zero-order chi connectivity index (χ0) is 16.7. The third-order valence-electron chi connectivity index (χ3n) is 3.24. The van der Waals surface area contributed by atoms with Crippen LogP contribution in [0.2, 0.25) is 5.02 Å². The summed E-state index contributed by atoms with van der Waals surface area (Å²) in [4.78, 5) is 0. The van der Waals surface area contributed by atoms with Crippen LogP contribution in [0.1, 0.15) is 22.8 Å². The molecular weight excluding hydrogens is 350 g/mol. The van der Waals surface area contributed by atoms with E-state index in [-0.39, 0.29) is 5.25 Å². The number of halogens is 1. The lowest BCUT2D eigenvalue weighted by atomic mass is 10.0. The average Bonchev–Trinajstić information content (AvgIpc) is 2.52. The molecule has 0 heterocycles. The highest BCUT2D eigenvalue weighted by Crippen LogP contribution is 2.36. The predicted molar refractivity (Wildman–Crippen MR) is 99.7 cm³/mol. The fourth-order valence-electron chi connectivity index (χ4n) is 2.18. The fourth-order valence-corrected chi connectivity index (χ4v) is 4.07. The van der Waals surface area contributed by atoms with Crippen LogP contribution in [0.4, 0.5) is 0 Å². The van der Waals surface area contributed by atoms with Gasteiger partial charge in [-0.3, -0.25) is 0 Å². The van der Waals surface area contributed by atoms with Gasteiger partial charge in [-0.1, -0.05) is 54.1 Å². The first-order valence-corrected chi connectivity index (χ1v) is 10.6. The van der Waals surface area contributed by atoms with Gasteiger partial charge in [-0.25, -0.2) is 13.1 Å². The van der Waals surface area contributed by atoms with Crippen LogP contribution in [0.25, 0.3) is 0 Å². The Morgan fingerprint density at radius 1 is 1.04 bits per heavy atom. The number of benzene rings is 2. The monoisotopic (exact) mass is 369 g/mol. The van der Waals surface area contributed by atoms with Crippen LogP contribution < -0.4 is 4.72 Å². The van der Waals surface area contributed by atoms with Crippen molar-refractivity contribution in [3.63, 3.8) is 0 Å². The molecule has 0 saturated carbocycles. The lowest BCUT2D eigenvalue weighted by molar-refractivity contribution is 0.587. The summed E-state index contributed by atoms with van der Waals surface area (Å²) in [6.45, 7) is 0.466. The van der Waals surface area contributed by atoms with Gasteiger partial charge in [0.15, 0.2) is 0 Å². The summed E-state index contributed by atoms with van der Waals surface area (Å²) in [6.07, 6.45) is 1.97. The summed E-state index contributed by atoms with van der Waals surface area (Å²) in [5, 5.41) is 0.939. The van der Waals surface area contributed by atoms with Crippen molar-refractivity contribution in [2.24, 2.45) is 0 Å². The van der Waals surface area contributed by atoms with E-state index in [2.05, 4.69) is 16.9 Å². The van der Waals surface area contributed by atoms with E-state index in [0.29, 0.717) is 6.54 Å². The van der Waals surface area contributed by atoms with E-state index in [4.69, 9.17) is 11.6 Å². The molecule has 0 saturated heterocycles. The second kappa shape index (κ2) is 8.73. The van der Waals surface area contributed by atoms with Crippen LogP contribution in [-0.2, 0) is 10.0 Å². The number of hydrogen-bond donors (Lipinski definition) is 1. The minimum absolute atomic E-state index is 0.215. The van der Waals surface area contributed by atoms with Gasteiger partial charge in [0.2, 0.25) is 10.0 Å². The SMILES string of the molecule is CS(=O)(=O)NCCCSC(c1ccccc1)c1ccc(Cl)cc1. The van der Waals surface area contributed by atoms with Gasteiger partial charge in [0.25, 0.3) is 0 Å². The Hall–Kier alpha value is -1.01. The summed E-state index contributed by atoms with van der Waals surface area (Å²) in [5.41, 5.74) is 2.43. The van der Waals surface area contributed by atoms with Crippen molar-refractivity contribution >= 4 is 33.4 Å². The molecule has 23 heavy (non-hydrogen) atoms.